The molecular formula is C11H17NO3S. The third-order valence-corrected chi connectivity index (χ3v) is 3.51. The van der Waals surface area contributed by atoms with Gasteiger partial charge in [-0.25, -0.2) is 8.42 Å². The van der Waals surface area contributed by atoms with Crippen LogP contribution in [0.5, 0.6) is 5.75 Å². The summed E-state index contributed by atoms with van der Waals surface area (Å²) >= 11 is 0. The molecule has 5 heteroatoms. The Labute approximate surface area is 96.4 Å². The van der Waals surface area contributed by atoms with Crippen LogP contribution in [0.25, 0.3) is 0 Å². The Kier molecular flexibility index (Phi) is 4.61. The summed E-state index contributed by atoms with van der Waals surface area (Å²) in [5.74, 6) is 0.171. The van der Waals surface area contributed by atoms with Gasteiger partial charge in [-0.15, -0.1) is 0 Å². The van der Waals surface area contributed by atoms with Crippen LogP contribution in [-0.2, 0) is 10.0 Å². The molecule has 16 heavy (non-hydrogen) atoms. The number of sulfonamides is 1. The monoisotopic (exact) mass is 243 g/mol. The maximum Gasteiger partial charge on any atom is 0.232 e. The van der Waals surface area contributed by atoms with E-state index in [-0.39, 0.29) is 11.5 Å². The van der Waals surface area contributed by atoms with Gasteiger partial charge in [0.1, 0.15) is 5.75 Å². The average Bonchev–Trinajstić information content (AvgIpc) is 2.17. The number of anilines is 1. The maximum atomic E-state index is 11.6. The van der Waals surface area contributed by atoms with Crippen molar-refractivity contribution in [3.8, 4) is 5.75 Å². The molecule has 0 amide bonds. The number of hydrogen-bond acceptors (Lipinski definition) is 3. The molecule has 0 unspecified atom stereocenters. The second kappa shape index (κ2) is 5.75. The van der Waals surface area contributed by atoms with E-state index in [1.54, 1.807) is 12.1 Å². The molecule has 0 aliphatic carbocycles. The maximum absolute atomic E-state index is 11.6. The molecule has 1 aromatic carbocycles. The standard InChI is InChI=1S/C11H17NO3S/c1-2-3-4-8-16(14,15)12-10-6-5-7-11(13)9-10/h5-7,9,12-13H,2-4,8H2,1H3. The average molecular weight is 243 g/mol. The summed E-state index contributed by atoms with van der Waals surface area (Å²) in [6.45, 7) is 2.02. The highest BCUT2D eigenvalue weighted by Gasteiger charge is 2.09. The summed E-state index contributed by atoms with van der Waals surface area (Å²) in [6.07, 6.45) is 2.55. The first kappa shape index (κ1) is 12.8. The summed E-state index contributed by atoms with van der Waals surface area (Å²) in [6, 6.07) is 6.09. The van der Waals surface area contributed by atoms with Gasteiger partial charge in [0.15, 0.2) is 0 Å². The van der Waals surface area contributed by atoms with Gasteiger partial charge in [-0.2, -0.15) is 0 Å². The van der Waals surface area contributed by atoms with E-state index >= 15 is 0 Å². The molecule has 0 heterocycles. The van der Waals surface area contributed by atoms with E-state index in [1.165, 1.54) is 12.1 Å². The Balaban J connectivity index is 2.59. The molecule has 0 saturated carbocycles. The van der Waals surface area contributed by atoms with Crippen molar-refractivity contribution in [3.63, 3.8) is 0 Å². The van der Waals surface area contributed by atoms with E-state index < -0.39 is 10.0 Å². The van der Waals surface area contributed by atoms with Crippen LogP contribution >= 0.6 is 0 Å². The first-order chi connectivity index (χ1) is 7.53. The zero-order valence-electron chi connectivity index (χ0n) is 9.31. The third kappa shape index (κ3) is 4.53. The fraction of sp³-hybridized carbons (Fsp3) is 0.455. The number of phenolic OH excluding ortho intramolecular Hbond substituents is 1. The minimum atomic E-state index is -3.28. The van der Waals surface area contributed by atoms with Crippen LogP contribution in [0, 0.1) is 0 Å². The highest BCUT2D eigenvalue weighted by atomic mass is 32.2. The van der Waals surface area contributed by atoms with E-state index in [2.05, 4.69) is 4.72 Å². The number of benzene rings is 1. The van der Waals surface area contributed by atoms with Crippen molar-refractivity contribution in [3.05, 3.63) is 24.3 Å². The SMILES string of the molecule is CCCCCS(=O)(=O)Nc1cccc(O)c1. The number of rotatable bonds is 6. The predicted molar refractivity (Wildman–Crippen MR) is 65.0 cm³/mol. The van der Waals surface area contributed by atoms with Crippen molar-refractivity contribution in [2.24, 2.45) is 0 Å². The Morgan fingerprint density at radius 3 is 2.69 bits per heavy atom. The quantitative estimate of drug-likeness (QED) is 0.753. The van der Waals surface area contributed by atoms with Crippen LogP contribution < -0.4 is 4.72 Å². The van der Waals surface area contributed by atoms with E-state index in [9.17, 15) is 13.5 Å². The molecule has 0 saturated heterocycles. The van der Waals surface area contributed by atoms with Crippen LogP contribution in [0.1, 0.15) is 26.2 Å². The second-order valence-corrected chi connectivity index (χ2v) is 5.52. The molecule has 0 atom stereocenters. The van der Waals surface area contributed by atoms with Crippen molar-refractivity contribution in [2.75, 3.05) is 10.5 Å². The third-order valence-electron chi connectivity index (χ3n) is 2.14. The smallest absolute Gasteiger partial charge is 0.232 e. The van der Waals surface area contributed by atoms with Crippen molar-refractivity contribution in [1.82, 2.24) is 0 Å². The largest absolute Gasteiger partial charge is 0.508 e. The van der Waals surface area contributed by atoms with Crippen molar-refractivity contribution in [1.29, 1.82) is 0 Å². The number of hydrogen-bond donors (Lipinski definition) is 2. The van der Waals surface area contributed by atoms with Gasteiger partial charge in [0.2, 0.25) is 10.0 Å². The molecule has 1 rings (SSSR count). The molecule has 0 aliphatic rings. The van der Waals surface area contributed by atoms with Gasteiger partial charge in [0.25, 0.3) is 0 Å². The van der Waals surface area contributed by atoms with Crippen LogP contribution in [0.4, 0.5) is 5.69 Å². The van der Waals surface area contributed by atoms with Crippen molar-refractivity contribution < 1.29 is 13.5 Å². The van der Waals surface area contributed by atoms with E-state index in [4.69, 9.17) is 0 Å². The molecular weight excluding hydrogens is 226 g/mol. The van der Waals surface area contributed by atoms with Gasteiger partial charge < -0.3 is 5.11 Å². The van der Waals surface area contributed by atoms with Gasteiger partial charge in [0.05, 0.1) is 11.4 Å². The van der Waals surface area contributed by atoms with E-state index in [1.807, 2.05) is 6.92 Å². The highest BCUT2D eigenvalue weighted by molar-refractivity contribution is 7.92. The zero-order valence-corrected chi connectivity index (χ0v) is 10.1. The molecule has 0 fully saturated rings. The molecule has 2 N–H and O–H groups in total. The summed E-state index contributed by atoms with van der Waals surface area (Å²) in [4.78, 5) is 0. The lowest BCUT2D eigenvalue weighted by atomic mass is 10.3. The highest BCUT2D eigenvalue weighted by Crippen LogP contribution is 2.16. The predicted octanol–water partition coefficient (Wildman–Crippen LogP) is 2.32. The summed E-state index contributed by atoms with van der Waals surface area (Å²) in [5.41, 5.74) is 0.400. The summed E-state index contributed by atoms with van der Waals surface area (Å²) < 4.78 is 25.6. The van der Waals surface area contributed by atoms with Gasteiger partial charge in [-0.3, -0.25) is 4.72 Å². The minimum absolute atomic E-state index is 0.0498. The molecule has 0 bridgehead atoms. The molecule has 4 nitrogen and oxygen atoms in total. The number of aromatic hydroxyl groups is 1. The van der Waals surface area contributed by atoms with Crippen LogP contribution in [-0.4, -0.2) is 19.3 Å². The Hall–Kier alpha value is -1.23. The molecule has 0 spiro atoms. The lowest BCUT2D eigenvalue weighted by Gasteiger charge is -2.07. The molecule has 0 aliphatic heterocycles. The summed E-state index contributed by atoms with van der Waals surface area (Å²) in [7, 11) is -3.28. The first-order valence-corrected chi connectivity index (χ1v) is 6.98. The van der Waals surface area contributed by atoms with E-state index in [0.29, 0.717) is 12.1 Å². The van der Waals surface area contributed by atoms with Crippen LogP contribution in [0.3, 0.4) is 0 Å². The number of nitrogens with one attached hydrogen (secondary N) is 1. The lowest BCUT2D eigenvalue weighted by molar-refractivity contribution is 0.475. The van der Waals surface area contributed by atoms with Crippen LogP contribution in [0.2, 0.25) is 0 Å². The minimum Gasteiger partial charge on any atom is -0.508 e. The molecule has 0 radical (unpaired) electrons. The molecule has 1 aromatic rings. The normalized spacial score (nSPS) is 11.3. The fourth-order valence-electron chi connectivity index (χ4n) is 1.34. The topological polar surface area (TPSA) is 66.4 Å². The van der Waals surface area contributed by atoms with Gasteiger partial charge in [-0.05, 0) is 18.6 Å². The number of phenols is 1. The van der Waals surface area contributed by atoms with E-state index in [0.717, 1.165) is 12.8 Å². The van der Waals surface area contributed by atoms with Crippen molar-refractivity contribution >= 4 is 15.7 Å². The van der Waals surface area contributed by atoms with Gasteiger partial charge >= 0.3 is 0 Å². The van der Waals surface area contributed by atoms with Gasteiger partial charge in [0, 0.05) is 6.07 Å². The number of unbranched alkanes of at least 4 members (excludes halogenated alkanes) is 2. The lowest BCUT2D eigenvalue weighted by Crippen LogP contribution is -2.16. The van der Waals surface area contributed by atoms with Crippen molar-refractivity contribution in [2.45, 2.75) is 26.2 Å². The molecule has 0 aromatic heterocycles. The van der Waals surface area contributed by atoms with Gasteiger partial charge in [-0.1, -0.05) is 25.8 Å². The summed E-state index contributed by atoms with van der Waals surface area (Å²) in [5, 5.41) is 9.19. The Morgan fingerprint density at radius 1 is 1.31 bits per heavy atom. The zero-order chi connectivity index (χ0) is 12.0. The molecule has 90 valence electrons. The first-order valence-electron chi connectivity index (χ1n) is 5.33. The fourth-order valence-corrected chi connectivity index (χ4v) is 2.51. The second-order valence-electron chi connectivity index (χ2n) is 3.68. The Bertz CT molecular complexity index is 429. The van der Waals surface area contributed by atoms with Crippen LogP contribution in [0.15, 0.2) is 24.3 Å². The Morgan fingerprint density at radius 2 is 2.06 bits per heavy atom.